The van der Waals surface area contributed by atoms with Gasteiger partial charge in [-0.15, -0.1) is 0 Å². The average molecular weight is 485 g/mol. The smallest absolute Gasteiger partial charge is 0.450 e. The van der Waals surface area contributed by atoms with Crippen LogP contribution in [0.2, 0.25) is 0 Å². The van der Waals surface area contributed by atoms with Crippen molar-refractivity contribution in [3.63, 3.8) is 0 Å². The van der Waals surface area contributed by atoms with E-state index in [0.717, 1.165) is 4.57 Å². The van der Waals surface area contributed by atoms with Crippen molar-refractivity contribution in [3.05, 3.63) is 72.1 Å². The van der Waals surface area contributed by atoms with Gasteiger partial charge in [-0.25, -0.2) is 4.98 Å². The summed E-state index contributed by atoms with van der Waals surface area (Å²) in [4.78, 5) is 16.3. The molecule has 0 fully saturated rings. The molecule has 1 aromatic heterocycles. The third-order valence-corrected chi connectivity index (χ3v) is 5.34. The van der Waals surface area contributed by atoms with Gasteiger partial charge in [-0.3, -0.25) is 9.36 Å². The van der Waals surface area contributed by atoms with E-state index in [1.54, 1.807) is 24.3 Å². The van der Waals surface area contributed by atoms with Crippen LogP contribution in [0.25, 0.3) is 16.7 Å². The maximum Gasteiger partial charge on any atom is 0.450 e. The molecule has 0 spiro atoms. The van der Waals surface area contributed by atoms with E-state index in [-0.39, 0.29) is 29.0 Å². The third-order valence-electron chi connectivity index (χ3n) is 5.34. The predicted octanol–water partition coefficient (Wildman–Crippen LogP) is 5.25. The van der Waals surface area contributed by atoms with Gasteiger partial charge >= 0.3 is 6.18 Å². The maximum absolute atomic E-state index is 13.7. The summed E-state index contributed by atoms with van der Waals surface area (Å²) >= 11 is 0. The standard InChI is InChI=1S/C25H22F3N3O4/c1-33-18-9-10-20-19(14-18)30-24(25(26,27)28)31(20)17-7-5-16(6-8-17)29-23(32)13-15-4-11-21(34-2)22(12-15)35-3/h4-12,14H,13H2,1-3H3,(H,29,32). The highest BCUT2D eigenvalue weighted by Crippen LogP contribution is 2.35. The first-order valence-electron chi connectivity index (χ1n) is 10.5. The lowest BCUT2D eigenvalue weighted by atomic mass is 10.1. The number of anilines is 1. The van der Waals surface area contributed by atoms with Crippen molar-refractivity contribution in [3.8, 4) is 22.9 Å². The Morgan fingerprint density at radius 2 is 1.63 bits per heavy atom. The molecule has 0 saturated heterocycles. The van der Waals surface area contributed by atoms with Crippen LogP contribution in [0.3, 0.4) is 0 Å². The van der Waals surface area contributed by atoms with E-state index in [1.165, 1.54) is 57.7 Å². The molecular formula is C25H22F3N3O4. The Balaban J connectivity index is 1.57. The van der Waals surface area contributed by atoms with Gasteiger partial charge in [0.05, 0.1) is 38.8 Å². The summed E-state index contributed by atoms with van der Waals surface area (Å²) in [6.45, 7) is 0. The topological polar surface area (TPSA) is 74.6 Å². The second-order valence-electron chi connectivity index (χ2n) is 7.58. The number of benzene rings is 3. The van der Waals surface area contributed by atoms with Crippen LogP contribution in [0.15, 0.2) is 60.7 Å². The summed E-state index contributed by atoms with van der Waals surface area (Å²) in [5.41, 5.74) is 1.85. The lowest BCUT2D eigenvalue weighted by Crippen LogP contribution is -2.15. The molecule has 0 bridgehead atoms. The second kappa shape index (κ2) is 9.57. The molecule has 1 N–H and O–H groups in total. The maximum atomic E-state index is 13.7. The molecule has 3 aromatic carbocycles. The van der Waals surface area contributed by atoms with Crippen molar-refractivity contribution >= 4 is 22.6 Å². The fourth-order valence-electron chi connectivity index (χ4n) is 3.71. The molecule has 4 aromatic rings. The minimum absolute atomic E-state index is 0.0777. The van der Waals surface area contributed by atoms with Crippen molar-refractivity contribution in [2.75, 3.05) is 26.6 Å². The molecule has 0 radical (unpaired) electrons. The summed E-state index contributed by atoms with van der Waals surface area (Å²) in [6, 6.07) is 15.8. The third kappa shape index (κ3) is 5.01. The van der Waals surface area contributed by atoms with Gasteiger partial charge in [0, 0.05) is 17.4 Å². The Kier molecular flexibility index (Phi) is 6.54. The van der Waals surface area contributed by atoms with Crippen LogP contribution in [0, 0.1) is 0 Å². The van der Waals surface area contributed by atoms with Crippen molar-refractivity contribution in [2.24, 2.45) is 0 Å². The highest BCUT2D eigenvalue weighted by atomic mass is 19.4. The second-order valence-corrected chi connectivity index (χ2v) is 7.58. The molecule has 0 aliphatic heterocycles. The number of ether oxygens (including phenoxy) is 3. The van der Waals surface area contributed by atoms with Gasteiger partial charge in [0.15, 0.2) is 11.5 Å². The first-order chi connectivity index (χ1) is 16.7. The SMILES string of the molecule is COc1ccc2c(c1)nc(C(F)(F)F)n2-c1ccc(NC(=O)Cc2ccc(OC)c(OC)c2)cc1. The van der Waals surface area contributed by atoms with Crippen LogP contribution in [0.1, 0.15) is 11.4 Å². The molecule has 4 rings (SSSR count). The van der Waals surface area contributed by atoms with Crippen molar-refractivity contribution in [2.45, 2.75) is 12.6 Å². The number of alkyl halides is 3. The van der Waals surface area contributed by atoms with Crippen LogP contribution in [0.5, 0.6) is 17.2 Å². The van der Waals surface area contributed by atoms with E-state index < -0.39 is 12.0 Å². The normalized spacial score (nSPS) is 11.4. The molecule has 35 heavy (non-hydrogen) atoms. The van der Waals surface area contributed by atoms with E-state index >= 15 is 0 Å². The van der Waals surface area contributed by atoms with Crippen LogP contribution in [0.4, 0.5) is 18.9 Å². The number of hydrogen-bond donors (Lipinski definition) is 1. The predicted molar refractivity (Wildman–Crippen MR) is 125 cm³/mol. The lowest BCUT2D eigenvalue weighted by molar-refractivity contribution is -0.145. The Bertz CT molecular complexity index is 1370. The highest BCUT2D eigenvalue weighted by Gasteiger charge is 2.38. The number of nitrogens with one attached hydrogen (secondary N) is 1. The van der Waals surface area contributed by atoms with Crippen molar-refractivity contribution in [1.29, 1.82) is 0 Å². The van der Waals surface area contributed by atoms with Gasteiger partial charge in [0.2, 0.25) is 11.7 Å². The monoisotopic (exact) mass is 485 g/mol. The number of carbonyl (C=O) groups excluding carboxylic acids is 1. The molecule has 0 aliphatic carbocycles. The molecule has 1 amide bonds. The van der Waals surface area contributed by atoms with Gasteiger partial charge in [0.1, 0.15) is 5.75 Å². The number of aromatic nitrogens is 2. The molecule has 182 valence electrons. The fourth-order valence-corrected chi connectivity index (χ4v) is 3.71. The molecule has 1 heterocycles. The van der Waals surface area contributed by atoms with Crippen LogP contribution in [-0.4, -0.2) is 36.8 Å². The number of halogens is 3. The Labute approximate surface area is 199 Å². The van der Waals surface area contributed by atoms with E-state index in [0.29, 0.717) is 28.5 Å². The highest BCUT2D eigenvalue weighted by molar-refractivity contribution is 5.92. The summed E-state index contributed by atoms with van der Waals surface area (Å²) in [6.07, 6.45) is -4.59. The van der Waals surface area contributed by atoms with E-state index in [4.69, 9.17) is 14.2 Å². The Morgan fingerprint density at radius 1 is 0.914 bits per heavy atom. The zero-order chi connectivity index (χ0) is 25.2. The number of amides is 1. The van der Waals surface area contributed by atoms with Crippen molar-refractivity contribution < 1.29 is 32.2 Å². The first kappa shape index (κ1) is 23.9. The summed E-state index contributed by atoms with van der Waals surface area (Å²) in [5.74, 6) is 0.124. The van der Waals surface area contributed by atoms with Crippen LogP contribution in [-0.2, 0) is 17.4 Å². The van der Waals surface area contributed by atoms with Gasteiger partial charge in [-0.05, 0) is 54.1 Å². The summed E-state index contributed by atoms with van der Waals surface area (Å²) in [7, 11) is 4.46. The number of rotatable bonds is 7. The molecule has 7 nitrogen and oxygen atoms in total. The number of fused-ring (bicyclic) bond motifs is 1. The van der Waals surface area contributed by atoms with Crippen LogP contribution >= 0.6 is 0 Å². The number of imidazole rings is 1. The summed E-state index contributed by atoms with van der Waals surface area (Å²) < 4.78 is 57.8. The Hall–Kier alpha value is -4.21. The van der Waals surface area contributed by atoms with E-state index in [1.807, 2.05) is 0 Å². The number of hydrogen-bond acceptors (Lipinski definition) is 5. The molecular weight excluding hydrogens is 463 g/mol. The van der Waals surface area contributed by atoms with Crippen molar-refractivity contribution in [1.82, 2.24) is 9.55 Å². The molecule has 0 unspecified atom stereocenters. The number of nitrogens with zero attached hydrogens (tertiary/aromatic N) is 2. The van der Waals surface area contributed by atoms with E-state index in [9.17, 15) is 18.0 Å². The zero-order valence-corrected chi connectivity index (χ0v) is 19.1. The minimum atomic E-state index is -4.67. The quantitative estimate of drug-likeness (QED) is 0.387. The summed E-state index contributed by atoms with van der Waals surface area (Å²) in [5, 5.41) is 2.75. The van der Waals surface area contributed by atoms with Crippen LogP contribution < -0.4 is 19.5 Å². The Morgan fingerprint density at radius 3 is 2.26 bits per heavy atom. The van der Waals surface area contributed by atoms with Gasteiger partial charge in [-0.2, -0.15) is 13.2 Å². The first-order valence-corrected chi connectivity index (χ1v) is 10.5. The lowest BCUT2D eigenvalue weighted by Gasteiger charge is -2.13. The van der Waals surface area contributed by atoms with Gasteiger partial charge in [-0.1, -0.05) is 6.07 Å². The van der Waals surface area contributed by atoms with Gasteiger partial charge < -0.3 is 19.5 Å². The molecule has 0 saturated carbocycles. The number of carbonyl (C=O) groups is 1. The molecule has 0 atom stereocenters. The van der Waals surface area contributed by atoms with Gasteiger partial charge in [0.25, 0.3) is 0 Å². The van der Waals surface area contributed by atoms with E-state index in [2.05, 4.69) is 10.3 Å². The molecule has 10 heteroatoms. The zero-order valence-electron chi connectivity index (χ0n) is 19.1. The fraction of sp³-hybridized carbons (Fsp3) is 0.200. The largest absolute Gasteiger partial charge is 0.497 e. The molecule has 0 aliphatic rings. The number of methoxy groups -OCH3 is 3. The minimum Gasteiger partial charge on any atom is -0.497 e. The average Bonchev–Trinajstić information content (AvgIpc) is 3.23.